The normalized spacial score (nSPS) is 25.6. The number of rotatable bonds is 3. The molecule has 1 heterocycles. The zero-order valence-electron chi connectivity index (χ0n) is 8.61. The highest BCUT2D eigenvalue weighted by molar-refractivity contribution is 9.10. The van der Waals surface area contributed by atoms with Gasteiger partial charge in [0.2, 0.25) is 10.0 Å². The molecule has 1 atom stereocenters. The van der Waals surface area contributed by atoms with Crippen LogP contribution in [0.2, 0.25) is 0 Å². The molecule has 4 nitrogen and oxygen atoms in total. The number of halogens is 1. The van der Waals surface area contributed by atoms with Crippen LogP contribution in [0.25, 0.3) is 0 Å². The zero-order chi connectivity index (χ0) is 10.8. The molecule has 0 spiro atoms. The van der Waals surface area contributed by atoms with Gasteiger partial charge in [-0.05, 0) is 26.9 Å². The highest BCUT2D eigenvalue weighted by atomic mass is 79.9. The smallest absolute Gasteiger partial charge is 0.224 e. The molecule has 0 aromatic heterocycles. The van der Waals surface area contributed by atoms with E-state index in [1.807, 2.05) is 14.1 Å². The summed E-state index contributed by atoms with van der Waals surface area (Å²) < 4.78 is 24.8. The number of alkyl halides is 1. The molecule has 0 radical (unpaired) electrons. The molecule has 0 bridgehead atoms. The Kier molecular flexibility index (Phi) is 4.36. The topological polar surface area (TPSA) is 40.6 Å². The standard InChI is InChI=1S/C8H17BrN2O2S/c1-10(2)8-4-3-5-11(6-8)14(12,13)7-9/h8H,3-7H2,1-2H3. The van der Waals surface area contributed by atoms with E-state index in [4.69, 9.17) is 0 Å². The molecule has 1 fully saturated rings. The highest BCUT2D eigenvalue weighted by Crippen LogP contribution is 2.17. The summed E-state index contributed by atoms with van der Waals surface area (Å²) in [5.41, 5.74) is 0. The van der Waals surface area contributed by atoms with Crippen molar-refractivity contribution in [2.24, 2.45) is 0 Å². The Balaban J connectivity index is 2.65. The first-order valence-corrected chi connectivity index (χ1v) is 7.40. The second-order valence-electron chi connectivity index (χ2n) is 3.84. The Bertz CT molecular complexity index is 279. The summed E-state index contributed by atoms with van der Waals surface area (Å²) in [4.78, 5) is 2.09. The fourth-order valence-corrected chi connectivity index (χ4v) is 3.48. The van der Waals surface area contributed by atoms with Crippen LogP contribution in [0, 0.1) is 0 Å². The third kappa shape index (κ3) is 2.92. The molecule has 0 saturated carbocycles. The van der Waals surface area contributed by atoms with Gasteiger partial charge < -0.3 is 4.90 Å². The van der Waals surface area contributed by atoms with Crippen molar-refractivity contribution in [2.75, 3.05) is 31.8 Å². The Morgan fingerprint density at radius 1 is 1.50 bits per heavy atom. The van der Waals surface area contributed by atoms with Crippen molar-refractivity contribution < 1.29 is 8.42 Å². The lowest BCUT2D eigenvalue weighted by Crippen LogP contribution is -2.47. The molecule has 84 valence electrons. The van der Waals surface area contributed by atoms with Crippen LogP contribution in [0.15, 0.2) is 0 Å². The van der Waals surface area contributed by atoms with Crippen LogP contribution in [-0.2, 0) is 10.0 Å². The zero-order valence-corrected chi connectivity index (χ0v) is 11.0. The van der Waals surface area contributed by atoms with Crippen molar-refractivity contribution >= 4 is 26.0 Å². The number of nitrogens with zero attached hydrogens (tertiary/aromatic N) is 2. The number of hydrogen-bond acceptors (Lipinski definition) is 3. The lowest BCUT2D eigenvalue weighted by atomic mass is 10.1. The summed E-state index contributed by atoms with van der Waals surface area (Å²) in [6, 6.07) is 0.359. The van der Waals surface area contributed by atoms with Gasteiger partial charge in [0.15, 0.2) is 0 Å². The van der Waals surface area contributed by atoms with Crippen LogP contribution < -0.4 is 0 Å². The molecule has 6 heteroatoms. The maximum absolute atomic E-state index is 11.6. The van der Waals surface area contributed by atoms with Crippen LogP contribution >= 0.6 is 15.9 Å². The molecule has 1 rings (SSSR count). The van der Waals surface area contributed by atoms with Gasteiger partial charge in [-0.15, -0.1) is 0 Å². The fourth-order valence-electron chi connectivity index (χ4n) is 1.66. The van der Waals surface area contributed by atoms with Crippen molar-refractivity contribution in [3.8, 4) is 0 Å². The Morgan fingerprint density at radius 2 is 2.14 bits per heavy atom. The third-order valence-corrected chi connectivity index (χ3v) is 5.75. The number of hydrogen-bond donors (Lipinski definition) is 0. The molecular formula is C8H17BrN2O2S. The quantitative estimate of drug-likeness (QED) is 0.717. The monoisotopic (exact) mass is 284 g/mol. The van der Waals surface area contributed by atoms with E-state index in [2.05, 4.69) is 20.8 Å². The summed E-state index contributed by atoms with van der Waals surface area (Å²) in [5.74, 6) is 0. The van der Waals surface area contributed by atoms with E-state index in [-0.39, 0.29) is 4.66 Å². The van der Waals surface area contributed by atoms with Gasteiger partial charge in [-0.25, -0.2) is 8.42 Å². The largest absolute Gasteiger partial charge is 0.305 e. The Morgan fingerprint density at radius 3 is 2.64 bits per heavy atom. The van der Waals surface area contributed by atoms with Crippen LogP contribution in [-0.4, -0.2) is 55.5 Å². The average Bonchev–Trinajstić information content (AvgIpc) is 2.18. The number of sulfonamides is 1. The van der Waals surface area contributed by atoms with E-state index in [0.717, 1.165) is 12.8 Å². The van der Waals surface area contributed by atoms with Crippen LogP contribution in [0.3, 0.4) is 0 Å². The molecule has 1 saturated heterocycles. The highest BCUT2D eigenvalue weighted by Gasteiger charge is 2.28. The second kappa shape index (κ2) is 4.92. The maximum atomic E-state index is 11.6. The first kappa shape index (κ1) is 12.4. The van der Waals surface area contributed by atoms with Gasteiger partial charge in [0.05, 0.1) is 0 Å². The van der Waals surface area contributed by atoms with E-state index in [9.17, 15) is 8.42 Å². The van der Waals surface area contributed by atoms with E-state index in [1.54, 1.807) is 4.31 Å². The van der Waals surface area contributed by atoms with Crippen LogP contribution in [0.5, 0.6) is 0 Å². The van der Waals surface area contributed by atoms with E-state index in [1.165, 1.54) is 0 Å². The molecule has 1 unspecified atom stereocenters. The lowest BCUT2D eigenvalue weighted by molar-refractivity contribution is 0.191. The van der Waals surface area contributed by atoms with Crippen molar-refractivity contribution in [3.63, 3.8) is 0 Å². The van der Waals surface area contributed by atoms with E-state index >= 15 is 0 Å². The summed E-state index contributed by atoms with van der Waals surface area (Å²) in [6.45, 7) is 1.29. The minimum atomic E-state index is -3.06. The van der Waals surface area contributed by atoms with Crippen LogP contribution in [0.1, 0.15) is 12.8 Å². The summed E-state index contributed by atoms with van der Waals surface area (Å²) in [5, 5.41) is 0. The molecule has 0 N–H and O–H groups in total. The Hall–Kier alpha value is 0.350. The Labute approximate surface area is 94.4 Å². The van der Waals surface area contributed by atoms with E-state index < -0.39 is 10.0 Å². The average molecular weight is 285 g/mol. The maximum Gasteiger partial charge on any atom is 0.224 e. The van der Waals surface area contributed by atoms with E-state index in [0.29, 0.717) is 19.1 Å². The number of likely N-dealkylation sites (N-methyl/N-ethyl adjacent to an activating group) is 1. The minimum Gasteiger partial charge on any atom is -0.305 e. The molecular weight excluding hydrogens is 268 g/mol. The first-order valence-electron chi connectivity index (χ1n) is 4.67. The van der Waals surface area contributed by atoms with Gasteiger partial charge in [0.25, 0.3) is 0 Å². The summed E-state index contributed by atoms with van der Waals surface area (Å²) >= 11 is 3.02. The predicted octanol–water partition coefficient (Wildman–Crippen LogP) is 0.695. The molecule has 1 aliphatic heterocycles. The molecule has 0 aromatic carbocycles. The third-order valence-electron chi connectivity index (χ3n) is 2.62. The summed E-state index contributed by atoms with van der Waals surface area (Å²) in [7, 11) is 0.926. The molecule has 0 aliphatic carbocycles. The lowest BCUT2D eigenvalue weighted by Gasteiger charge is -2.34. The van der Waals surface area contributed by atoms with Gasteiger partial charge in [-0.1, -0.05) is 15.9 Å². The fraction of sp³-hybridized carbons (Fsp3) is 1.00. The number of piperidine rings is 1. The SMILES string of the molecule is CN(C)C1CCCN(S(=O)(=O)CBr)C1. The minimum absolute atomic E-state index is 0.0279. The van der Waals surface area contributed by atoms with Gasteiger partial charge in [-0.3, -0.25) is 0 Å². The van der Waals surface area contributed by atoms with Crippen molar-refractivity contribution in [3.05, 3.63) is 0 Å². The van der Waals surface area contributed by atoms with Gasteiger partial charge in [0.1, 0.15) is 4.66 Å². The summed E-state index contributed by atoms with van der Waals surface area (Å²) in [6.07, 6.45) is 2.04. The molecule has 14 heavy (non-hydrogen) atoms. The van der Waals surface area contributed by atoms with Crippen molar-refractivity contribution in [1.82, 2.24) is 9.21 Å². The molecule has 1 aliphatic rings. The first-order chi connectivity index (χ1) is 6.47. The van der Waals surface area contributed by atoms with Crippen LogP contribution in [0.4, 0.5) is 0 Å². The van der Waals surface area contributed by atoms with Gasteiger partial charge in [-0.2, -0.15) is 4.31 Å². The van der Waals surface area contributed by atoms with Gasteiger partial charge >= 0.3 is 0 Å². The molecule has 0 amide bonds. The van der Waals surface area contributed by atoms with Crippen molar-refractivity contribution in [2.45, 2.75) is 18.9 Å². The predicted molar refractivity (Wildman–Crippen MR) is 61.0 cm³/mol. The van der Waals surface area contributed by atoms with Gasteiger partial charge in [0, 0.05) is 19.1 Å². The second-order valence-corrected chi connectivity index (χ2v) is 7.11. The molecule has 0 aromatic rings. The van der Waals surface area contributed by atoms with Crippen molar-refractivity contribution in [1.29, 1.82) is 0 Å².